The second-order valence-corrected chi connectivity index (χ2v) is 8.23. The van der Waals surface area contributed by atoms with E-state index in [1.54, 1.807) is 0 Å². The molecule has 0 spiro atoms. The van der Waals surface area contributed by atoms with E-state index in [9.17, 15) is 30.7 Å². The maximum Gasteiger partial charge on any atom is 0.204 e. The van der Waals surface area contributed by atoms with Crippen molar-refractivity contribution in [1.29, 1.82) is 0 Å². The zero-order valence-corrected chi connectivity index (χ0v) is 19.0. The van der Waals surface area contributed by atoms with E-state index >= 15 is 17.6 Å². The molecule has 0 aliphatic rings. The van der Waals surface area contributed by atoms with Crippen molar-refractivity contribution in [2.24, 2.45) is 0 Å². The van der Waals surface area contributed by atoms with Crippen molar-refractivity contribution in [3.05, 3.63) is 100 Å². The lowest BCUT2D eigenvalue weighted by atomic mass is 9.84. The lowest BCUT2D eigenvalue weighted by molar-refractivity contribution is 0.334. The average molecular weight is 558 g/mol. The summed E-state index contributed by atoms with van der Waals surface area (Å²) in [7, 11) is 0.686. The van der Waals surface area contributed by atoms with E-state index in [0.717, 1.165) is 0 Å². The van der Waals surface area contributed by atoms with Crippen molar-refractivity contribution in [1.82, 2.24) is 0 Å². The van der Waals surface area contributed by atoms with Crippen LogP contribution in [0.25, 0.3) is 43.8 Å². The number of hydrogen-bond acceptors (Lipinski definition) is 1. The summed E-state index contributed by atoms with van der Waals surface area (Å²) in [5.41, 5.74) is -5.43. The molecule has 0 aliphatic heterocycles. The first-order valence-electron chi connectivity index (χ1n) is 10.7. The third kappa shape index (κ3) is 3.68. The van der Waals surface area contributed by atoms with Crippen LogP contribution in [0.15, 0.2) is 36.4 Å². The van der Waals surface area contributed by atoms with Gasteiger partial charge in [-0.1, -0.05) is 6.07 Å². The second kappa shape index (κ2) is 9.14. The van der Waals surface area contributed by atoms with Crippen LogP contribution in [0.2, 0.25) is 0 Å². The highest BCUT2D eigenvalue weighted by molar-refractivity contribution is 6.22. The molecule has 0 bridgehead atoms. The Kier molecular flexibility index (Phi) is 6.15. The molecule has 5 aromatic rings. The Morgan fingerprint density at radius 1 is 0.436 bits per heavy atom. The van der Waals surface area contributed by atoms with Gasteiger partial charge in [0, 0.05) is 28.0 Å². The molecule has 0 N–H and O–H groups in total. The molecule has 0 fully saturated rings. The molecule has 0 atom stereocenters. The van der Waals surface area contributed by atoms with Crippen molar-refractivity contribution in [2.45, 2.75) is 0 Å². The van der Waals surface area contributed by atoms with Gasteiger partial charge in [-0.2, -0.15) is 8.78 Å². The molecule has 5 rings (SSSR count). The predicted molar refractivity (Wildman–Crippen MR) is 118 cm³/mol. The highest BCUT2D eigenvalue weighted by Gasteiger charge is 2.33. The van der Waals surface area contributed by atoms with Crippen molar-refractivity contribution < 1.29 is 53.0 Å². The first kappa shape index (κ1) is 26.3. The Hall–Kier alpha value is -4.35. The van der Waals surface area contributed by atoms with E-state index in [1.807, 2.05) is 0 Å². The zero-order chi connectivity index (χ0) is 28.5. The van der Waals surface area contributed by atoms with Gasteiger partial charge in [-0.15, -0.1) is 0 Å². The number of benzene rings is 5. The number of methoxy groups -OCH3 is 1. The smallest absolute Gasteiger partial charge is 0.204 e. The van der Waals surface area contributed by atoms with Crippen LogP contribution in [0.5, 0.6) is 5.75 Å². The summed E-state index contributed by atoms with van der Waals surface area (Å²) in [5, 5.41) is -3.95. The molecular formula is C27H9F11O. The Bertz CT molecular complexity index is 1810. The average Bonchev–Trinajstić information content (AvgIpc) is 2.89. The molecule has 0 unspecified atom stereocenters. The van der Waals surface area contributed by atoms with Crippen LogP contribution in [-0.4, -0.2) is 7.11 Å². The standard InChI is InChI=1S/C27H9F11O/c1-39-27-25(37)23(35)20(24(36)26(27)38)16-10-6-8(28)2-3-9(10)15(17-11(29)4-5-12(30)18(16)17)19-21(33)13(31)7-14(32)22(19)34/h2-7H,1H3. The summed E-state index contributed by atoms with van der Waals surface area (Å²) in [6.45, 7) is 0. The van der Waals surface area contributed by atoms with Gasteiger partial charge < -0.3 is 4.74 Å². The lowest BCUT2D eigenvalue weighted by Gasteiger charge is -2.20. The monoisotopic (exact) mass is 558 g/mol. The fourth-order valence-corrected chi connectivity index (χ4v) is 4.57. The first-order chi connectivity index (χ1) is 18.4. The predicted octanol–water partition coefficient (Wildman–Crippen LogP) is 8.87. The molecule has 5 aromatic carbocycles. The summed E-state index contributed by atoms with van der Waals surface area (Å²) >= 11 is 0. The van der Waals surface area contributed by atoms with Crippen molar-refractivity contribution in [3.8, 4) is 28.0 Å². The number of fused-ring (bicyclic) bond motifs is 2. The van der Waals surface area contributed by atoms with Gasteiger partial charge in [-0.3, -0.25) is 0 Å². The summed E-state index contributed by atoms with van der Waals surface area (Å²) in [4.78, 5) is 0. The van der Waals surface area contributed by atoms with Gasteiger partial charge in [0.25, 0.3) is 0 Å². The first-order valence-corrected chi connectivity index (χ1v) is 10.7. The van der Waals surface area contributed by atoms with Crippen molar-refractivity contribution in [3.63, 3.8) is 0 Å². The van der Waals surface area contributed by atoms with Crippen LogP contribution in [0, 0.1) is 64.0 Å². The molecule has 0 radical (unpaired) electrons. The summed E-state index contributed by atoms with van der Waals surface area (Å²) in [6.07, 6.45) is 0. The second-order valence-electron chi connectivity index (χ2n) is 8.23. The van der Waals surface area contributed by atoms with E-state index in [-0.39, 0.29) is 6.07 Å². The van der Waals surface area contributed by atoms with Gasteiger partial charge in [0.2, 0.25) is 11.6 Å². The fraction of sp³-hybridized carbons (Fsp3) is 0.0370. The Labute approximate surface area is 210 Å². The molecular weight excluding hydrogens is 549 g/mol. The number of hydrogen-bond donors (Lipinski definition) is 0. The van der Waals surface area contributed by atoms with Gasteiger partial charge >= 0.3 is 0 Å². The van der Waals surface area contributed by atoms with Gasteiger partial charge in [-0.25, -0.2) is 39.5 Å². The molecule has 12 heteroatoms. The number of ether oxygens (including phenoxy) is 1. The van der Waals surface area contributed by atoms with E-state index in [2.05, 4.69) is 4.74 Å². The van der Waals surface area contributed by atoms with Crippen LogP contribution in [0.4, 0.5) is 48.3 Å². The zero-order valence-electron chi connectivity index (χ0n) is 19.0. The molecule has 200 valence electrons. The Morgan fingerprint density at radius 2 is 0.897 bits per heavy atom. The van der Waals surface area contributed by atoms with Crippen molar-refractivity contribution in [2.75, 3.05) is 7.11 Å². The lowest BCUT2D eigenvalue weighted by Crippen LogP contribution is -2.06. The van der Waals surface area contributed by atoms with Crippen LogP contribution in [0.1, 0.15) is 0 Å². The SMILES string of the molecule is COc1c(F)c(F)c(-c2c3cc(F)ccc3c(-c3c(F)c(F)cc(F)c3F)c3c(F)ccc(F)c23)c(F)c1F. The quantitative estimate of drug-likeness (QED) is 0.122. The van der Waals surface area contributed by atoms with E-state index in [1.165, 1.54) is 0 Å². The maximum absolute atomic E-state index is 15.4. The highest BCUT2D eigenvalue weighted by Crippen LogP contribution is 2.49. The minimum absolute atomic E-state index is 0.156. The molecule has 0 aromatic heterocycles. The van der Waals surface area contributed by atoms with Gasteiger partial charge in [-0.05, 0) is 35.0 Å². The van der Waals surface area contributed by atoms with Crippen LogP contribution in [-0.2, 0) is 0 Å². The summed E-state index contributed by atoms with van der Waals surface area (Å²) in [6, 6.07) is 2.45. The highest BCUT2D eigenvalue weighted by atomic mass is 19.2. The van der Waals surface area contributed by atoms with Gasteiger partial charge in [0.05, 0.1) is 18.2 Å². The van der Waals surface area contributed by atoms with Gasteiger partial charge in [0.15, 0.2) is 40.7 Å². The summed E-state index contributed by atoms with van der Waals surface area (Å²) < 4.78 is 167. The molecule has 1 nitrogen and oxygen atoms in total. The minimum atomic E-state index is -2.16. The molecule has 0 saturated heterocycles. The minimum Gasteiger partial charge on any atom is -0.491 e. The normalized spacial score (nSPS) is 11.6. The largest absolute Gasteiger partial charge is 0.491 e. The Balaban J connectivity index is 2.17. The topological polar surface area (TPSA) is 9.23 Å². The third-order valence-corrected chi connectivity index (χ3v) is 6.16. The van der Waals surface area contributed by atoms with E-state index in [4.69, 9.17) is 0 Å². The van der Waals surface area contributed by atoms with E-state index in [0.29, 0.717) is 37.4 Å². The van der Waals surface area contributed by atoms with E-state index < -0.39 is 114 Å². The Morgan fingerprint density at radius 3 is 1.38 bits per heavy atom. The maximum atomic E-state index is 15.4. The fourth-order valence-electron chi connectivity index (χ4n) is 4.57. The third-order valence-electron chi connectivity index (χ3n) is 6.16. The molecule has 0 amide bonds. The van der Waals surface area contributed by atoms with Crippen molar-refractivity contribution >= 4 is 21.5 Å². The molecule has 0 aliphatic carbocycles. The van der Waals surface area contributed by atoms with Crippen LogP contribution in [0.3, 0.4) is 0 Å². The number of rotatable bonds is 3. The molecule has 39 heavy (non-hydrogen) atoms. The molecule has 0 heterocycles. The van der Waals surface area contributed by atoms with Crippen LogP contribution < -0.4 is 4.74 Å². The van der Waals surface area contributed by atoms with Gasteiger partial charge in [0.1, 0.15) is 17.5 Å². The van der Waals surface area contributed by atoms with Crippen LogP contribution >= 0.6 is 0 Å². The summed E-state index contributed by atoms with van der Waals surface area (Å²) in [5.74, 6) is -22.3. The number of halogens is 11. The molecule has 0 saturated carbocycles.